The Morgan fingerprint density at radius 2 is 1.82 bits per heavy atom. The fourth-order valence-corrected chi connectivity index (χ4v) is 1.47. The third-order valence-electron chi connectivity index (χ3n) is 2.40. The Kier molecular flexibility index (Phi) is 4.62. The number of primary amides is 1. The van der Waals surface area contributed by atoms with Crippen molar-refractivity contribution in [1.82, 2.24) is 0 Å². The lowest BCUT2D eigenvalue weighted by Crippen LogP contribution is -2.61. The number of ether oxygens (including phenoxy) is 2. The predicted molar refractivity (Wildman–Crippen MR) is 50.4 cm³/mol. The van der Waals surface area contributed by atoms with Crippen molar-refractivity contribution in [3.8, 4) is 0 Å². The van der Waals surface area contributed by atoms with Gasteiger partial charge >= 0.3 is 6.09 Å². The Bertz CT molecular complexity index is 274. The molecule has 6 atom stereocenters. The van der Waals surface area contributed by atoms with Crippen molar-refractivity contribution in [2.24, 2.45) is 5.73 Å². The molecule has 0 spiro atoms. The number of aliphatic hydroxyl groups excluding tert-OH is 5. The van der Waals surface area contributed by atoms with Gasteiger partial charge in [-0.25, -0.2) is 4.79 Å². The van der Waals surface area contributed by atoms with Gasteiger partial charge in [-0.1, -0.05) is 0 Å². The van der Waals surface area contributed by atoms with E-state index in [4.69, 9.17) is 5.11 Å². The number of amides is 1. The van der Waals surface area contributed by atoms with Crippen LogP contribution in [0.4, 0.5) is 4.79 Å². The quantitative estimate of drug-likeness (QED) is 0.298. The van der Waals surface area contributed by atoms with Crippen LogP contribution in [0, 0.1) is 0 Å². The topological polar surface area (TPSA) is 163 Å². The fourth-order valence-electron chi connectivity index (χ4n) is 1.47. The lowest BCUT2D eigenvalue weighted by Gasteiger charge is -2.39. The smallest absolute Gasteiger partial charge is 0.404 e. The molecule has 1 amide bonds. The summed E-state index contributed by atoms with van der Waals surface area (Å²) in [5, 5.41) is 46.6. The van der Waals surface area contributed by atoms with Crippen LogP contribution >= 0.6 is 0 Å². The minimum absolute atomic E-state index is 0.577. The van der Waals surface area contributed by atoms with Crippen LogP contribution in [0.25, 0.3) is 0 Å². The number of hydrogen-bond donors (Lipinski definition) is 6. The molecular weight excluding hydrogens is 238 g/mol. The van der Waals surface area contributed by atoms with Gasteiger partial charge in [0.25, 0.3) is 0 Å². The van der Waals surface area contributed by atoms with E-state index in [1.54, 1.807) is 0 Å². The molecule has 100 valence electrons. The van der Waals surface area contributed by atoms with Gasteiger partial charge in [-0.05, 0) is 0 Å². The molecular formula is C8H15NO8. The Morgan fingerprint density at radius 3 is 2.35 bits per heavy atom. The first-order valence-electron chi connectivity index (χ1n) is 4.82. The van der Waals surface area contributed by atoms with E-state index in [1.807, 2.05) is 0 Å². The first-order chi connectivity index (χ1) is 7.84. The summed E-state index contributed by atoms with van der Waals surface area (Å²) in [7, 11) is 0. The molecule has 0 aliphatic carbocycles. The van der Waals surface area contributed by atoms with Gasteiger partial charge in [-0.2, -0.15) is 0 Å². The zero-order valence-electron chi connectivity index (χ0n) is 8.71. The lowest BCUT2D eigenvalue weighted by molar-refractivity contribution is -0.298. The van der Waals surface area contributed by atoms with E-state index in [0.717, 1.165) is 0 Å². The van der Waals surface area contributed by atoms with Gasteiger partial charge in [0.1, 0.15) is 37.1 Å². The van der Waals surface area contributed by atoms with Crippen molar-refractivity contribution in [3.63, 3.8) is 0 Å². The predicted octanol–water partition coefficient (Wildman–Crippen LogP) is -3.76. The van der Waals surface area contributed by atoms with Crippen molar-refractivity contribution in [1.29, 1.82) is 0 Å². The molecule has 9 heteroatoms. The molecule has 1 heterocycles. The van der Waals surface area contributed by atoms with Crippen LogP contribution < -0.4 is 5.73 Å². The Labute approximate surface area is 96.0 Å². The van der Waals surface area contributed by atoms with Crippen LogP contribution in [0.5, 0.6) is 0 Å². The van der Waals surface area contributed by atoms with Gasteiger partial charge in [0.2, 0.25) is 0 Å². The van der Waals surface area contributed by atoms with E-state index in [2.05, 4.69) is 15.2 Å². The largest absolute Gasteiger partial charge is 0.447 e. The second kappa shape index (κ2) is 5.58. The first kappa shape index (κ1) is 14.1. The van der Waals surface area contributed by atoms with E-state index >= 15 is 0 Å². The monoisotopic (exact) mass is 253 g/mol. The summed E-state index contributed by atoms with van der Waals surface area (Å²) in [6.07, 6.45) is -10.8. The average molecular weight is 253 g/mol. The molecule has 0 aromatic carbocycles. The number of carbonyl (C=O) groups excluding carboxylic acids is 1. The SMILES string of the molecule is NC(=O)OC[C@H](O)[C@H]1O[C@H](O)[C@@H](O)[C@@H](O)[C@@H]1O. The molecule has 0 radical (unpaired) electrons. The highest BCUT2D eigenvalue weighted by atomic mass is 16.6. The summed E-state index contributed by atoms with van der Waals surface area (Å²) in [6.45, 7) is -0.577. The maximum absolute atomic E-state index is 10.3. The molecule has 0 bridgehead atoms. The van der Waals surface area contributed by atoms with E-state index < -0.39 is 49.5 Å². The van der Waals surface area contributed by atoms with Gasteiger partial charge in [0.15, 0.2) is 6.29 Å². The van der Waals surface area contributed by atoms with E-state index in [1.165, 1.54) is 0 Å². The van der Waals surface area contributed by atoms with Crippen LogP contribution in [0.1, 0.15) is 0 Å². The zero-order valence-corrected chi connectivity index (χ0v) is 8.71. The zero-order chi connectivity index (χ0) is 13.2. The molecule has 1 aliphatic rings. The number of carbonyl (C=O) groups is 1. The number of aliphatic hydroxyl groups is 5. The maximum atomic E-state index is 10.3. The van der Waals surface area contributed by atoms with Crippen LogP contribution in [0.3, 0.4) is 0 Å². The van der Waals surface area contributed by atoms with Crippen molar-refractivity contribution in [2.45, 2.75) is 36.8 Å². The van der Waals surface area contributed by atoms with Gasteiger partial charge in [-0.3, -0.25) is 0 Å². The molecule has 1 aliphatic heterocycles. The maximum Gasteiger partial charge on any atom is 0.404 e. The third-order valence-corrected chi connectivity index (χ3v) is 2.40. The first-order valence-corrected chi connectivity index (χ1v) is 4.82. The summed E-state index contributed by atoms with van der Waals surface area (Å²) in [6, 6.07) is 0. The van der Waals surface area contributed by atoms with Gasteiger partial charge < -0.3 is 40.7 Å². The van der Waals surface area contributed by atoms with Crippen LogP contribution in [0.2, 0.25) is 0 Å². The third kappa shape index (κ3) is 3.25. The second-order valence-electron chi connectivity index (χ2n) is 3.66. The van der Waals surface area contributed by atoms with Gasteiger partial charge in [0.05, 0.1) is 0 Å². The second-order valence-corrected chi connectivity index (χ2v) is 3.66. The van der Waals surface area contributed by atoms with Gasteiger partial charge in [-0.15, -0.1) is 0 Å². The molecule has 0 aromatic rings. The average Bonchev–Trinajstić information content (AvgIpc) is 2.28. The summed E-state index contributed by atoms with van der Waals surface area (Å²) < 4.78 is 8.96. The Morgan fingerprint density at radius 1 is 1.24 bits per heavy atom. The number of nitrogens with two attached hydrogens (primary N) is 1. The molecule has 1 saturated heterocycles. The Hall–Kier alpha value is -0.970. The normalized spacial score (nSPS) is 39.7. The lowest BCUT2D eigenvalue weighted by atomic mass is 9.96. The molecule has 1 rings (SSSR count). The minimum Gasteiger partial charge on any atom is -0.447 e. The molecule has 17 heavy (non-hydrogen) atoms. The summed E-state index contributed by atoms with van der Waals surface area (Å²) >= 11 is 0. The van der Waals surface area contributed by atoms with Crippen molar-refractivity contribution in [3.05, 3.63) is 0 Å². The van der Waals surface area contributed by atoms with Crippen molar-refractivity contribution < 1.29 is 39.8 Å². The summed E-state index contributed by atoms with van der Waals surface area (Å²) in [5.41, 5.74) is 4.67. The molecule has 0 aromatic heterocycles. The highest BCUT2D eigenvalue weighted by Crippen LogP contribution is 2.22. The van der Waals surface area contributed by atoms with E-state index in [0.29, 0.717) is 0 Å². The van der Waals surface area contributed by atoms with Crippen LogP contribution in [0.15, 0.2) is 0 Å². The van der Waals surface area contributed by atoms with E-state index in [9.17, 15) is 25.2 Å². The summed E-state index contributed by atoms with van der Waals surface area (Å²) in [4.78, 5) is 10.3. The molecule has 0 saturated carbocycles. The van der Waals surface area contributed by atoms with Crippen molar-refractivity contribution in [2.75, 3.05) is 6.61 Å². The van der Waals surface area contributed by atoms with E-state index in [-0.39, 0.29) is 0 Å². The molecule has 7 N–H and O–H groups in total. The molecule has 0 unspecified atom stereocenters. The summed E-state index contributed by atoms with van der Waals surface area (Å²) in [5.74, 6) is 0. The highest BCUT2D eigenvalue weighted by molar-refractivity contribution is 5.64. The Balaban J connectivity index is 2.60. The minimum atomic E-state index is -1.76. The van der Waals surface area contributed by atoms with Crippen molar-refractivity contribution >= 4 is 6.09 Å². The fraction of sp³-hybridized carbons (Fsp3) is 0.875. The van der Waals surface area contributed by atoms with Crippen LogP contribution in [-0.4, -0.2) is 75.0 Å². The highest BCUT2D eigenvalue weighted by Gasteiger charge is 2.45. The van der Waals surface area contributed by atoms with Gasteiger partial charge in [0, 0.05) is 0 Å². The number of hydrogen-bond acceptors (Lipinski definition) is 8. The standard InChI is InChI=1S/C8H15NO8/c9-8(15)16-1-2(10)6-4(12)3(11)5(13)7(14)17-6/h2-7,10-14H,1H2,(H2,9,15)/t2-,3-,4-,5-,6+,7-/m0/s1. The molecule has 9 nitrogen and oxygen atoms in total. The van der Waals surface area contributed by atoms with Crippen LogP contribution in [-0.2, 0) is 9.47 Å². The molecule has 1 fully saturated rings. The number of rotatable bonds is 3.